The molecule has 0 spiro atoms. The summed E-state index contributed by atoms with van der Waals surface area (Å²) >= 11 is 0. The fourth-order valence-corrected chi connectivity index (χ4v) is 3.90. The van der Waals surface area contributed by atoms with Gasteiger partial charge in [-0.2, -0.15) is 0 Å². The minimum Gasteiger partial charge on any atom is -0.493 e. The molecule has 0 aliphatic rings. The van der Waals surface area contributed by atoms with Gasteiger partial charge in [0.2, 0.25) is 0 Å². The minimum atomic E-state index is -3.20. The van der Waals surface area contributed by atoms with E-state index in [0.717, 1.165) is 5.56 Å². The molecule has 2 rings (SSSR count). The molecule has 0 aliphatic heterocycles. The molecule has 0 aromatic heterocycles. The Morgan fingerprint density at radius 3 is 2.35 bits per heavy atom. The van der Waals surface area contributed by atoms with Crippen molar-refractivity contribution in [1.29, 1.82) is 0 Å². The van der Waals surface area contributed by atoms with Crippen LogP contribution in [0.3, 0.4) is 0 Å². The summed E-state index contributed by atoms with van der Waals surface area (Å²) in [6.45, 7) is 0.279. The van der Waals surface area contributed by atoms with E-state index in [1.54, 1.807) is 30.3 Å². The van der Waals surface area contributed by atoms with Crippen molar-refractivity contribution in [3.8, 4) is 11.5 Å². The number of methoxy groups -OCH3 is 2. The van der Waals surface area contributed by atoms with Crippen LogP contribution < -0.4 is 14.8 Å². The van der Waals surface area contributed by atoms with E-state index in [2.05, 4.69) is 5.32 Å². The Morgan fingerprint density at radius 2 is 1.69 bits per heavy atom. The average molecular weight is 377 g/mol. The number of hydrogen-bond donors (Lipinski definition) is 1. The van der Waals surface area contributed by atoms with E-state index < -0.39 is 9.84 Å². The third-order valence-corrected chi connectivity index (χ3v) is 5.48. The molecule has 1 amide bonds. The number of carbonyl (C=O) groups is 1. The maximum atomic E-state index is 12.2. The number of benzene rings is 2. The van der Waals surface area contributed by atoms with Crippen LogP contribution in [0.15, 0.2) is 48.5 Å². The lowest BCUT2D eigenvalue weighted by molar-refractivity contribution is 0.0953. The molecule has 6 nitrogen and oxygen atoms in total. The molecule has 0 fully saturated rings. The summed E-state index contributed by atoms with van der Waals surface area (Å²) in [4.78, 5) is 12.2. The first kappa shape index (κ1) is 19.8. The molecule has 0 aliphatic carbocycles. The minimum absolute atomic E-state index is 0.0114. The lowest BCUT2D eigenvalue weighted by atomic mass is 10.2. The Kier molecular flexibility index (Phi) is 7.03. The van der Waals surface area contributed by atoms with Gasteiger partial charge in [0.1, 0.15) is 0 Å². The molecule has 2 aromatic rings. The first-order valence-corrected chi connectivity index (χ1v) is 10.0. The largest absolute Gasteiger partial charge is 0.493 e. The second-order valence-electron chi connectivity index (χ2n) is 5.76. The molecule has 7 heteroatoms. The van der Waals surface area contributed by atoms with Crippen LogP contribution in [0.1, 0.15) is 22.3 Å². The van der Waals surface area contributed by atoms with Crippen LogP contribution in [0.5, 0.6) is 11.5 Å². The van der Waals surface area contributed by atoms with Gasteiger partial charge in [0.05, 0.1) is 25.7 Å². The zero-order valence-electron chi connectivity index (χ0n) is 14.9. The summed E-state index contributed by atoms with van der Waals surface area (Å²) in [5.41, 5.74) is 1.19. The van der Waals surface area contributed by atoms with Crippen LogP contribution in [-0.4, -0.2) is 40.8 Å². The van der Waals surface area contributed by atoms with E-state index in [4.69, 9.17) is 9.47 Å². The summed E-state index contributed by atoms with van der Waals surface area (Å²) in [5.74, 6) is 0.749. The maximum Gasteiger partial charge on any atom is 0.251 e. The number of hydrogen-bond acceptors (Lipinski definition) is 5. The molecule has 0 atom stereocenters. The monoisotopic (exact) mass is 377 g/mol. The van der Waals surface area contributed by atoms with Gasteiger partial charge in [0, 0.05) is 12.1 Å². The van der Waals surface area contributed by atoms with E-state index in [0.29, 0.717) is 23.5 Å². The van der Waals surface area contributed by atoms with Gasteiger partial charge in [0.15, 0.2) is 21.3 Å². The highest BCUT2D eigenvalue weighted by atomic mass is 32.2. The summed E-state index contributed by atoms with van der Waals surface area (Å²) < 4.78 is 34.6. The van der Waals surface area contributed by atoms with Crippen LogP contribution >= 0.6 is 0 Å². The summed E-state index contributed by atoms with van der Waals surface area (Å²) in [6, 6.07) is 13.9. The fourth-order valence-electron chi connectivity index (χ4n) is 2.47. The van der Waals surface area contributed by atoms with Gasteiger partial charge in [-0.3, -0.25) is 4.79 Å². The maximum absolute atomic E-state index is 12.2. The Balaban J connectivity index is 1.83. The van der Waals surface area contributed by atoms with Crippen molar-refractivity contribution >= 4 is 15.7 Å². The van der Waals surface area contributed by atoms with Crippen molar-refractivity contribution in [3.05, 3.63) is 59.7 Å². The number of nitrogens with one attached hydrogen (secondary N) is 1. The van der Waals surface area contributed by atoms with E-state index in [9.17, 15) is 13.2 Å². The molecule has 26 heavy (non-hydrogen) atoms. The Hall–Kier alpha value is -2.54. The standard InChI is InChI=1S/C19H23NO5S/c1-24-17-10-9-16(13-18(17)25-2)19(21)20-11-6-12-26(22,23)14-15-7-4-3-5-8-15/h3-5,7-10,13H,6,11-12,14H2,1-2H3,(H,20,21). The summed E-state index contributed by atoms with van der Waals surface area (Å²) in [6.07, 6.45) is 0.355. The van der Waals surface area contributed by atoms with Crippen molar-refractivity contribution < 1.29 is 22.7 Å². The molecule has 140 valence electrons. The summed E-state index contributed by atoms with van der Waals surface area (Å²) in [7, 11) is -0.186. The number of ether oxygens (including phenoxy) is 2. The average Bonchev–Trinajstić information content (AvgIpc) is 2.64. The second kappa shape index (κ2) is 9.24. The van der Waals surface area contributed by atoms with Crippen LogP contribution in [-0.2, 0) is 15.6 Å². The van der Waals surface area contributed by atoms with Crippen molar-refractivity contribution in [2.24, 2.45) is 0 Å². The lowest BCUT2D eigenvalue weighted by Gasteiger charge is -2.10. The predicted octanol–water partition coefficient (Wildman–Crippen LogP) is 2.44. The molecular weight excluding hydrogens is 354 g/mol. The smallest absolute Gasteiger partial charge is 0.251 e. The Labute approximate surface area is 154 Å². The van der Waals surface area contributed by atoms with Gasteiger partial charge >= 0.3 is 0 Å². The molecule has 2 aromatic carbocycles. The van der Waals surface area contributed by atoms with Gasteiger partial charge in [0.25, 0.3) is 5.91 Å². The van der Waals surface area contributed by atoms with E-state index in [1.165, 1.54) is 14.2 Å². The van der Waals surface area contributed by atoms with Crippen LogP contribution in [0, 0.1) is 0 Å². The number of sulfone groups is 1. The molecule has 0 radical (unpaired) electrons. The predicted molar refractivity (Wildman–Crippen MR) is 100 cm³/mol. The number of amides is 1. The summed E-state index contributed by atoms with van der Waals surface area (Å²) in [5, 5.41) is 2.72. The highest BCUT2D eigenvalue weighted by molar-refractivity contribution is 7.90. The molecular formula is C19H23NO5S. The second-order valence-corrected chi connectivity index (χ2v) is 7.94. The molecule has 1 N–H and O–H groups in total. The molecule has 0 unspecified atom stereocenters. The third kappa shape index (κ3) is 5.77. The number of rotatable bonds is 9. The van der Waals surface area contributed by atoms with Gasteiger partial charge in [-0.1, -0.05) is 30.3 Å². The first-order chi connectivity index (χ1) is 12.4. The van der Waals surface area contributed by atoms with Crippen LogP contribution in [0.2, 0.25) is 0 Å². The van der Waals surface area contributed by atoms with Gasteiger partial charge in [-0.05, 0) is 30.2 Å². The Bertz CT molecular complexity index is 834. The quantitative estimate of drug-likeness (QED) is 0.679. The Morgan fingerprint density at radius 1 is 1.00 bits per heavy atom. The van der Waals surface area contributed by atoms with E-state index in [1.807, 2.05) is 18.2 Å². The normalized spacial score (nSPS) is 11.0. The zero-order chi connectivity index (χ0) is 19.0. The van der Waals surface area contributed by atoms with Gasteiger partial charge in [-0.25, -0.2) is 8.42 Å². The molecule has 0 saturated heterocycles. The van der Waals surface area contributed by atoms with Crippen molar-refractivity contribution in [2.75, 3.05) is 26.5 Å². The van der Waals surface area contributed by atoms with Crippen LogP contribution in [0.25, 0.3) is 0 Å². The number of carbonyl (C=O) groups excluding carboxylic acids is 1. The fraction of sp³-hybridized carbons (Fsp3) is 0.316. The molecule has 0 heterocycles. The lowest BCUT2D eigenvalue weighted by Crippen LogP contribution is -2.26. The third-order valence-electron chi connectivity index (χ3n) is 3.79. The van der Waals surface area contributed by atoms with Crippen LogP contribution in [0.4, 0.5) is 0 Å². The van der Waals surface area contributed by atoms with Crippen molar-refractivity contribution in [2.45, 2.75) is 12.2 Å². The van der Waals surface area contributed by atoms with Gasteiger partial charge < -0.3 is 14.8 Å². The van der Waals surface area contributed by atoms with Crippen molar-refractivity contribution in [3.63, 3.8) is 0 Å². The molecule has 0 bridgehead atoms. The van der Waals surface area contributed by atoms with E-state index in [-0.39, 0.29) is 24.0 Å². The van der Waals surface area contributed by atoms with Gasteiger partial charge in [-0.15, -0.1) is 0 Å². The molecule has 0 saturated carbocycles. The highest BCUT2D eigenvalue weighted by Gasteiger charge is 2.13. The first-order valence-electron chi connectivity index (χ1n) is 8.20. The van der Waals surface area contributed by atoms with Crippen molar-refractivity contribution in [1.82, 2.24) is 5.32 Å². The zero-order valence-corrected chi connectivity index (χ0v) is 15.7. The SMILES string of the molecule is COc1ccc(C(=O)NCCCS(=O)(=O)Cc2ccccc2)cc1OC. The highest BCUT2D eigenvalue weighted by Crippen LogP contribution is 2.27. The topological polar surface area (TPSA) is 81.7 Å². The van der Waals surface area contributed by atoms with E-state index >= 15 is 0 Å².